The van der Waals surface area contributed by atoms with E-state index in [9.17, 15) is 0 Å². The molecule has 5 heteroatoms. The standard InChI is InChI=1S/C45H33N4.Pt/c1-32-26-27-46-44(28-32)49-40-21-10-9-20-38(40)39-25-24-36(30-43(39)49)45(33-14-5-3-6-15-33,34-16-7-4-8-17-34)35-18-13-19-37(29-35)48-31-47(2)41-22-11-12-23-42(41)48;/h3-28,31H,1-2H3;/q-1;/i1D3;. The monoisotopic (exact) mass is 827 g/mol. The maximum atomic E-state index is 8.13. The summed E-state index contributed by atoms with van der Waals surface area (Å²) in [4.78, 5) is 4.72. The fourth-order valence-electron chi connectivity index (χ4n) is 7.47. The van der Waals surface area contributed by atoms with Crippen LogP contribution >= 0.6 is 0 Å². The van der Waals surface area contributed by atoms with Crippen LogP contribution in [0.3, 0.4) is 0 Å². The molecule has 244 valence electrons. The van der Waals surface area contributed by atoms with E-state index in [-0.39, 0.29) is 26.6 Å². The largest absolute Gasteiger partial charge is 0.319 e. The number of aromatic nitrogens is 4. The second-order valence-corrected chi connectivity index (χ2v) is 12.4. The number of para-hydroxylation sites is 3. The first-order valence-corrected chi connectivity index (χ1v) is 16.4. The number of fused-ring (bicyclic) bond motifs is 4. The average molecular weight is 828 g/mol. The molecule has 4 nitrogen and oxygen atoms in total. The van der Waals surface area contributed by atoms with E-state index in [2.05, 4.69) is 144 Å². The topological polar surface area (TPSA) is 27.7 Å². The Labute approximate surface area is 310 Å². The number of imidazole rings is 1. The summed E-state index contributed by atoms with van der Waals surface area (Å²) >= 11 is 0. The first-order valence-electron chi connectivity index (χ1n) is 17.9. The molecule has 0 spiro atoms. The van der Waals surface area contributed by atoms with Crippen LogP contribution in [-0.4, -0.2) is 18.7 Å². The van der Waals surface area contributed by atoms with Gasteiger partial charge in [-0.3, -0.25) is 0 Å². The van der Waals surface area contributed by atoms with E-state index < -0.39 is 12.3 Å². The van der Waals surface area contributed by atoms with Crippen molar-refractivity contribution < 1.29 is 25.2 Å². The Morgan fingerprint density at radius 2 is 1.30 bits per heavy atom. The number of pyridine rings is 1. The van der Waals surface area contributed by atoms with Crippen molar-refractivity contribution in [2.75, 3.05) is 0 Å². The van der Waals surface area contributed by atoms with Gasteiger partial charge in [-0.05, 0) is 59.3 Å². The van der Waals surface area contributed by atoms with Crippen LogP contribution in [0.2, 0.25) is 0 Å². The van der Waals surface area contributed by atoms with Crippen LogP contribution in [0.25, 0.3) is 44.3 Å². The third-order valence-corrected chi connectivity index (χ3v) is 9.63. The van der Waals surface area contributed by atoms with E-state index >= 15 is 0 Å². The molecule has 0 aliphatic rings. The summed E-state index contributed by atoms with van der Waals surface area (Å²) in [5.41, 5.74) is 8.29. The van der Waals surface area contributed by atoms with Crippen LogP contribution in [0, 0.1) is 19.0 Å². The molecule has 0 unspecified atom stereocenters. The predicted octanol–water partition coefficient (Wildman–Crippen LogP) is 10.0. The molecular formula is C45H33N4Pt-. The van der Waals surface area contributed by atoms with Crippen molar-refractivity contribution in [2.24, 2.45) is 7.05 Å². The van der Waals surface area contributed by atoms with E-state index in [0.29, 0.717) is 5.82 Å². The number of rotatable bonds is 6. The number of hydrogen-bond donors (Lipinski definition) is 0. The minimum absolute atomic E-state index is 0. The van der Waals surface area contributed by atoms with Gasteiger partial charge in [0.15, 0.2) is 17.4 Å². The molecule has 0 atom stereocenters. The van der Waals surface area contributed by atoms with Crippen LogP contribution in [0.15, 0.2) is 164 Å². The number of nitrogens with zero attached hydrogens (tertiary/aromatic N) is 4. The smallest absolute Gasteiger partial charge is 0.188 e. The molecule has 0 radical (unpaired) electrons. The van der Waals surface area contributed by atoms with Gasteiger partial charge in [-0.1, -0.05) is 90.4 Å². The van der Waals surface area contributed by atoms with Crippen molar-refractivity contribution in [1.29, 1.82) is 0 Å². The van der Waals surface area contributed by atoms with Crippen LogP contribution < -0.4 is 0 Å². The van der Waals surface area contributed by atoms with Gasteiger partial charge in [-0.15, -0.1) is 22.6 Å². The van der Waals surface area contributed by atoms with E-state index in [4.69, 9.17) is 9.10 Å². The van der Waals surface area contributed by atoms with Crippen LogP contribution in [-0.2, 0) is 33.5 Å². The molecule has 0 saturated heterocycles. The van der Waals surface area contributed by atoms with Gasteiger partial charge in [-0.2, -0.15) is 30.3 Å². The molecule has 9 rings (SSSR count). The fraction of sp³-hybridized carbons (Fsp3) is 0.0667. The summed E-state index contributed by atoms with van der Waals surface area (Å²) in [6.07, 6.45) is 3.68. The van der Waals surface area contributed by atoms with Crippen LogP contribution in [0.1, 0.15) is 31.9 Å². The predicted molar refractivity (Wildman–Crippen MR) is 200 cm³/mol. The number of benzene rings is 6. The Hall–Kier alpha value is -5.57. The maximum absolute atomic E-state index is 8.13. The van der Waals surface area contributed by atoms with Crippen molar-refractivity contribution in [3.8, 4) is 11.5 Å². The van der Waals surface area contributed by atoms with Gasteiger partial charge in [-0.25, -0.2) is 14.1 Å². The Kier molecular flexibility index (Phi) is 7.19. The summed E-state index contributed by atoms with van der Waals surface area (Å²) in [6.45, 7) is -2.27. The minimum atomic E-state index is -2.27. The zero-order chi connectivity index (χ0) is 35.5. The SMILES string of the molecule is [2H]C([2H])([2H])c1ccnc(-n2c3[c-]c(C(c4[c-]c(-n5[cH+]n(C)c6ccccc65)ccc4)(c4ccccc4)c4ccccc4)ccc3c3ccccc32)c1.[Pt]. The first-order chi connectivity index (χ1) is 25.3. The molecule has 3 heterocycles. The zero-order valence-corrected chi connectivity index (χ0v) is 29.5. The molecule has 6 aromatic carbocycles. The van der Waals surface area contributed by atoms with E-state index in [1.807, 2.05) is 34.9 Å². The normalized spacial score (nSPS) is 12.8. The van der Waals surface area contributed by atoms with Gasteiger partial charge in [0.2, 0.25) is 0 Å². The van der Waals surface area contributed by atoms with Gasteiger partial charge >= 0.3 is 0 Å². The van der Waals surface area contributed by atoms with Gasteiger partial charge in [0.25, 0.3) is 0 Å². The van der Waals surface area contributed by atoms with Gasteiger partial charge in [0.05, 0.1) is 0 Å². The van der Waals surface area contributed by atoms with Crippen molar-refractivity contribution in [2.45, 2.75) is 12.3 Å². The second-order valence-electron chi connectivity index (χ2n) is 12.4. The van der Waals surface area contributed by atoms with Crippen molar-refractivity contribution in [3.63, 3.8) is 0 Å². The summed E-state index contributed by atoms with van der Waals surface area (Å²) in [5, 5.41) is 2.03. The van der Waals surface area contributed by atoms with Crippen molar-refractivity contribution in [1.82, 2.24) is 18.7 Å². The minimum Gasteiger partial charge on any atom is -0.319 e. The van der Waals surface area contributed by atoms with Crippen LogP contribution in [0.4, 0.5) is 0 Å². The third-order valence-electron chi connectivity index (χ3n) is 9.63. The molecule has 0 amide bonds. The molecular weight excluding hydrogens is 792 g/mol. The van der Waals surface area contributed by atoms with Crippen LogP contribution in [0.5, 0.6) is 0 Å². The van der Waals surface area contributed by atoms with Gasteiger partial charge < -0.3 is 4.57 Å². The zero-order valence-electron chi connectivity index (χ0n) is 30.2. The maximum Gasteiger partial charge on any atom is 0.188 e. The average Bonchev–Trinajstić information content (AvgIpc) is 3.70. The third kappa shape index (κ3) is 4.94. The Morgan fingerprint density at radius 3 is 2.04 bits per heavy atom. The summed E-state index contributed by atoms with van der Waals surface area (Å²) in [7, 11) is 2.06. The molecule has 0 fully saturated rings. The molecule has 9 aromatic rings. The van der Waals surface area contributed by atoms with Gasteiger partial charge in [0.1, 0.15) is 5.82 Å². The molecule has 0 aliphatic heterocycles. The molecule has 0 N–H and O–H groups in total. The van der Waals surface area contributed by atoms with Crippen molar-refractivity contribution >= 4 is 32.8 Å². The second kappa shape index (κ2) is 12.7. The van der Waals surface area contributed by atoms with Gasteiger partial charge in [0, 0.05) is 67.2 Å². The summed E-state index contributed by atoms with van der Waals surface area (Å²) in [6, 6.07) is 59.4. The quantitative estimate of drug-likeness (QED) is 0.121. The Balaban J connectivity index is 0.00000400. The van der Waals surface area contributed by atoms with Crippen molar-refractivity contribution in [3.05, 3.63) is 204 Å². The summed E-state index contributed by atoms with van der Waals surface area (Å²) in [5.74, 6) is 0.527. The Morgan fingerprint density at radius 1 is 0.640 bits per heavy atom. The fourth-order valence-corrected chi connectivity index (χ4v) is 7.47. The molecule has 3 aromatic heterocycles. The molecule has 0 bridgehead atoms. The molecule has 0 saturated carbocycles. The molecule has 50 heavy (non-hydrogen) atoms. The number of aryl methyl sites for hydroxylation is 2. The summed E-state index contributed by atoms with van der Waals surface area (Å²) < 4.78 is 30.7. The first kappa shape index (κ1) is 28.3. The van der Waals surface area contributed by atoms with E-state index in [1.165, 1.54) is 0 Å². The molecule has 0 aliphatic carbocycles. The Bertz CT molecular complexity index is 2710. The van der Waals surface area contributed by atoms with E-state index in [1.54, 1.807) is 18.3 Å². The number of hydrogen-bond acceptors (Lipinski definition) is 1. The van der Waals surface area contributed by atoms with E-state index in [0.717, 1.165) is 60.8 Å².